The molecule has 0 amide bonds. The summed E-state index contributed by atoms with van der Waals surface area (Å²) in [5.41, 5.74) is 3.57. The van der Waals surface area contributed by atoms with E-state index in [1.54, 1.807) is 0 Å². The fraction of sp³-hybridized carbons (Fsp3) is 0.188. The van der Waals surface area contributed by atoms with Gasteiger partial charge in [-0.1, -0.05) is 77.2 Å². The van der Waals surface area contributed by atoms with Crippen molar-refractivity contribution in [2.45, 2.75) is 16.8 Å². The summed E-state index contributed by atoms with van der Waals surface area (Å²) in [4.78, 5) is 10.6. The van der Waals surface area contributed by atoms with Crippen LogP contribution < -0.4 is 0 Å². The average molecular weight is 366 g/mol. The van der Waals surface area contributed by atoms with Crippen LogP contribution in [-0.2, 0) is 4.79 Å². The van der Waals surface area contributed by atoms with Gasteiger partial charge in [-0.2, -0.15) is 0 Å². The Balaban J connectivity index is 2.08. The smallest absolute Gasteiger partial charge is 0.303 e. The van der Waals surface area contributed by atoms with Crippen LogP contribution in [0, 0.1) is 0 Å². The first kappa shape index (κ1) is 14.1. The molecule has 3 heteroatoms. The first-order chi connectivity index (χ1) is 9.16. The molecule has 1 N–H and O–H groups in total. The topological polar surface area (TPSA) is 37.3 Å². The zero-order chi connectivity index (χ0) is 13.7. The van der Waals surface area contributed by atoms with Gasteiger partial charge in [0.05, 0.1) is 0 Å². The highest BCUT2D eigenvalue weighted by molar-refractivity contribution is 14.1. The van der Waals surface area contributed by atoms with Gasteiger partial charge in [-0.15, -0.1) is 0 Å². The monoisotopic (exact) mass is 366 g/mol. The van der Waals surface area contributed by atoms with E-state index in [-0.39, 0.29) is 10.3 Å². The molecule has 0 saturated heterocycles. The highest BCUT2D eigenvalue weighted by atomic mass is 127. The number of halogens is 1. The number of hydrogen-bond acceptors (Lipinski definition) is 1. The van der Waals surface area contributed by atoms with Crippen molar-refractivity contribution in [2.24, 2.45) is 0 Å². The fourth-order valence-corrected chi connectivity index (χ4v) is 2.66. The Bertz CT molecular complexity index is 534. The lowest BCUT2D eigenvalue weighted by Gasteiger charge is -2.10. The third kappa shape index (κ3) is 4.06. The molecule has 19 heavy (non-hydrogen) atoms. The van der Waals surface area contributed by atoms with E-state index >= 15 is 0 Å². The minimum absolute atomic E-state index is 0.216. The second kappa shape index (κ2) is 6.70. The Morgan fingerprint density at radius 2 is 1.58 bits per heavy atom. The quantitative estimate of drug-likeness (QED) is 0.616. The molecule has 0 saturated carbocycles. The van der Waals surface area contributed by atoms with Crippen LogP contribution >= 0.6 is 22.6 Å². The molecule has 1 unspecified atom stereocenters. The average Bonchev–Trinajstić information content (AvgIpc) is 2.46. The SMILES string of the molecule is O=C(O)CCC(I)c1ccc(-c2ccccc2)cc1. The Labute approximate surface area is 126 Å². The van der Waals surface area contributed by atoms with Crippen molar-refractivity contribution in [3.8, 4) is 11.1 Å². The van der Waals surface area contributed by atoms with Crippen molar-refractivity contribution in [2.75, 3.05) is 0 Å². The normalized spacial score (nSPS) is 12.1. The van der Waals surface area contributed by atoms with Crippen LogP contribution in [0.15, 0.2) is 54.6 Å². The molecule has 0 heterocycles. The van der Waals surface area contributed by atoms with Crippen LogP contribution in [0.4, 0.5) is 0 Å². The summed E-state index contributed by atoms with van der Waals surface area (Å²) in [5.74, 6) is -0.734. The summed E-state index contributed by atoms with van der Waals surface area (Å²) in [6, 6.07) is 18.6. The third-order valence-corrected chi connectivity index (χ3v) is 4.33. The van der Waals surface area contributed by atoms with Crippen LogP contribution in [0.3, 0.4) is 0 Å². The molecule has 0 aliphatic rings. The van der Waals surface area contributed by atoms with E-state index < -0.39 is 5.97 Å². The van der Waals surface area contributed by atoms with Crippen molar-refractivity contribution in [1.29, 1.82) is 0 Å². The van der Waals surface area contributed by atoms with Crippen molar-refractivity contribution in [3.63, 3.8) is 0 Å². The molecule has 2 aromatic carbocycles. The summed E-state index contributed by atoms with van der Waals surface area (Å²) < 4.78 is 0.249. The molecule has 0 spiro atoms. The molecule has 0 aromatic heterocycles. The van der Waals surface area contributed by atoms with Gasteiger partial charge in [-0.05, 0) is 23.1 Å². The Hall–Kier alpha value is -1.36. The first-order valence-electron chi connectivity index (χ1n) is 6.18. The maximum atomic E-state index is 10.6. The first-order valence-corrected chi connectivity index (χ1v) is 7.42. The molecule has 0 aliphatic heterocycles. The molecule has 0 aliphatic carbocycles. The number of benzene rings is 2. The second-order valence-corrected chi connectivity index (χ2v) is 5.89. The maximum Gasteiger partial charge on any atom is 0.303 e. The van der Waals surface area contributed by atoms with Crippen LogP contribution in [-0.4, -0.2) is 11.1 Å². The lowest BCUT2D eigenvalue weighted by Crippen LogP contribution is -1.98. The third-order valence-electron chi connectivity index (χ3n) is 2.99. The van der Waals surface area contributed by atoms with Crippen LogP contribution in [0.25, 0.3) is 11.1 Å². The van der Waals surface area contributed by atoms with Gasteiger partial charge in [0.2, 0.25) is 0 Å². The molecule has 2 aromatic rings. The van der Waals surface area contributed by atoms with E-state index in [2.05, 4.69) is 59.0 Å². The number of carboxylic acids is 1. The van der Waals surface area contributed by atoms with Gasteiger partial charge >= 0.3 is 5.97 Å². The second-order valence-electron chi connectivity index (χ2n) is 4.39. The maximum absolute atomic E-state index is 10.6. The Morgan fingerprint density at radius 3 is 2.16 bits per heavy atom. The fourth-order valence-electron chi connectivity index (χ4n) is 1.93. The lowest BCUT2D eigenvalue weighted by molar-refractivity contribution is -0.137. The van der Waals surface area contributed by atoms with Crippen molar-refractivity contribution >= 4 is 28.6 Å². The number of carbonyl (C=O) groups is 1. The van der Waals surface area contributed by atoms with Crippen LogP contribution in [0.1, 0.15) is 22.3 Å². The molecule has 0 radical (unpaired) electrons. The van der Waals surface area contributed by atoms with Crippen molar-refractivity contribution in [3.05, 3.63) is 60.2 Å². The molecule has 0 fully saturated rings. The highest BCUT2D eigenvalue weighted by Crippen LogP contribution is 2.30. The van der Waals surface area contributed by atoms with Gasteiger partial charge in [-0.25, -0.2) is 0 Å². The zero-order valence-corrected chi connectivity index (χ0v) is 12.6. The highest BCUT2D eigenvalue weighted by Gasteiger charge is 2.09. The van der Waals surface area contributed by atoms with E-state index in [1.165, 1.54) is 16.7 Å². The van der Waals surface area contributed by atoms with E-state index in [0.717, 1.165) is 0 Å². The van der Waals surface area contributed by atoms with Crippen LogP contribution in [0.2, 0.25) is 0 Å². The number of rotatable bonds is 5. The minimum atomic E-state index is -0.734. The predicted molar refractivity (Wildman–Crippen MR) is 85.5 cm³/mol. The number of aliphatic carboxylic acids is 1. The van der Waals surface area contributed by atoms with E-state index in [9.17, 15) is 4.79 Å². The summed E-state index contributed by atoms with van der Waals surface area (Å²) in [6.45, 7) is 0. The summed E-state index contributed by atoms with van der Waals surface area (Å²) in [6.07, 6.45) is 0.884. The standard InChI is InChI=1S/C16H15IO2/c17-15(10-11-16(18)19)14-8-6-13(7-9-14)12-4-2-1-3-5-12/h1-9,15H,10-11H2,(H,18,19). The Kier molecular flexibility index (Phi) is 4.96. The molecule has 1 atom stereocenters. The van der Waals surface area contributed by atoms with Gasteiger partial charge in [0.25, 0.3) is 0 Å². The summed E-state index contributed by atoms with van der Waals surface area (Å²) >= 11 is 2.30. The van der Waals surface area contributed by atoms with Crippen molar-refractivity contribution in [1.82, 2.24) is 0 Å². The molecular formula is C16H15IO2. The lowest BCUT2D eigenvalue weighted by atomic mass is 10.0. The molecule has 2 nitrogen and oxygen atoms in total. The zero-order valence-electron chi connectivity index (χ0n) is 10.4. The molecule has 2 rings (SSSR count). The molecule has 0 bridgehead atoms. The number of hydrogen-bond donors (Lipinski definition) is 1. The number of alkyl halides is 1. The predicted octanol–water partition coefficient (Wildman–Crippen LogP) is 4.69. The van der Waals surface area contributed by atoms with E-state index in [1.807, 2.05) is 18.2 Å². The largest absolute Gasteiger partial charge is 0.481 e. The Morgan fingerprint density at radius 1 is 1.00 bits per heavy atom. The number of carboxylic acid groups (broad SMARTS) is 1. The molecule has 98 valence electrons. The summed E-state index contributed by atoms with van der Waals surface area (Å²) in [7, 11) is 0. The van der Waals surface area contributed by atoms with E-state index in [0.29, 0.717) is 6.42 Å². The van der Waals surface area contributed by atoms with Gasteiger partial charge < -0.3 is 5.11 Å². The van der Waals surface area contributed by atoms with Gasteiger partial charge in [0.15, 0.2) is 0 Å². The van der Waals surface area contributed by atoms with Crippen molar-refractivity contribution < 1.29 is 9.90 Å². The summed E-state index contributed by atoms with van der Waals surface area (Å²) in [5, 5.41) is 8.70. The van der Waals surface area contributed by atoms with Crippen LogP contribution in [0.5, 0.6) is 0 Å². The molecular weight excluding hydrogens is 351 g/mol. The van der Waals surface area contributed by atoms with Gasteiger partial charge in [0, 0.05) is 10.3 Å². The van der Waals surface area contributed by atoms with E-state index in [4.69, 9.17) is 5.11 Å². The van der Waals surface area contributed by atoms with Gasteiger partial charge in [0.1, 0.15) is 0 Å². The van der Waals surface area contributed by atoms with Gasteiger partial charge in [-0.3, -0.25) is 4.79 Å². The minimum Gasteiger partial charge on any atom is -0.481 e.